The van der Waals surface area contributed by atoms with Crippen LogP contribution in [0.1, 0.15) is 22.5 Å². The van der Waals surface area contributed by atoms with Gasteiger partial charge in [0.15, 0.2) is 17.5 Å². The summed E-state index contributed by atoms with van der Waals surface area (Å²) in [5, 5.41) is 7.35. The van der Waals surface area contributed by atoms with Gasteiger partial charge >= 0.3 is 0 Å². The first-order valence-corrected chi connectivity index (χ1v) is 9.34. The van der Waals surface area contributed by atoms with Gasteiger partial charge in [-0.05, 0) is 32.9 Å². The van der Waals surface area contributed by atoms with Crippen molar-refractivity contribution in [1.29, 1.82) is 0 Å². The van der Waals surface area contributed by atoms with E-state index in [1.807, 2.05) is 13.8 Å². The largest absolute Gasteiger partial charge is 0.489 e. The molecule has 0 bridgehead atoms. The summed E-state index contributed by atoms with van der Waals surface area (Å²) in [6, 6.07) is 3.25. The number of aromatic nitrogens is 1. The molecule has 0 fully saturated rings. The third-order valence-corrected chi connectivity index (χ3v) is 4.69. The zero-order valence-corrected chi connectivity index (χ0v) is 16.1. The number of nitrogens with one attached hydrogen (secondary N) is 2. The van der Waals surface area contributed by atoms with E-state index in [4.69, 9.17) is 4.74 Å². The Kier molecular flexibility index (Phi) is 7.77. The SMILES string of the molecule is CCNC(=NCCc1nc(C)c(C)s1)NCCOc1ccc(F)cc1F. The summed E-state index contributed by atoms with van der Waals surface area (Å²) in [5.41, 5.74) is 1.07. The van der Waals surface area contributed by atoms with Crippen LogP contribution in [0.2, 0.25) is 0 Å². The van der Waals surface area contributed by atoms with Crippen molar-refractivity contribution < 1.29 is 13.5 Å². The number of benzene rings is 1. The monoisotopic (exact) mass is 382 g/mol. The summed E-state index contributed by atoms with van der Waals surface area (Å²) < 4.78 is 31.7. The van der Waals surface area contributed by atoms with Gasteiger partial charge in [0, 0.05) is 30.5 Å². The van der Waals surface area contributed by atoms with E-state index in [2.05, 4.69) is 27.5 Å². The van der Waals surface area contributed by atoms with Crippen molar-refractivity contribution in [2.75, 3.05) is 26.2 Å². The van der Waals surface area contributed by atoms with Crippen LogP contribution >= 0.6 is 11.3 Å². The molecular formula is C18H24F2N4OS. The fraction of sp³-hybridized carbons (Fsp3) is 0.444. The molecule has 0 saturated heterocycles. The number of hydrogen-bond donors (Lipinski definition) is 2. The minimum atomic E-state index is -0.709. The fourth-order valence-electron chi connectivity index (χ4n) is 2.17. The van der Waals surface area contributed by atoms with Crippen LogP contribution in [-0.2, 0) is 6.42 Å². The van der Waals surface area contributed by atoms with Crippen LogP contribution in [-0.4, -0.2) is 37.2 Å². The van der Waals surface area contributed by atoms with Crippen molar-refractivity contribution in [2.45, 2.75) is 27.2 Å². The standard InChI is InChI=1S/C18H24F2N4OS/c1-4-21-18(22-8-7-17-24-12(2)13(3)26-17)23-9-10-25-16-6-5-14(19)11-15(16)20/h5-6,11H,4,7-10H2,1-3H3,(H2,21,22,23). The summed E-state index contributed by atoms with van der Waals surface area (Å²) in [6.07, 6.45) is 0.785. The Hall–Kier alpha value is -2.22. The highest BCUT2D eigenvalue weighted by Crippen LogP contribution is 2.17. The van der Waals surface area contributed by atoms with Crippen molar-refractivity contribution >= 4 is 17.3 Å². The summed E-state index contributed by atoms with van der Waals surface area (Å²) in [6.45, 7) is 8.08. The van der Waals surface area contributed by atoms with E-state index in [-0.39, 0.29) is 12.4 Å². The Morgan fingerprint density at radius 2 is 2.08 bits per heavy atom. The molecule has 1 aromatic carbocycles. The van der Waals surface area contributed by atoms with Gasteiger partial charge in [0.05, 0.1) is 17.2 Å². The number of nitrogens with zero attached hydrogens (tertiary/aromatic N) is 2. The van der Waals surface area contributed by atoms with Gasteiger partial charge < -0.3 is 15.4 Å². The van der Waals surface area contributed by atoms with Gasteiger partial charge in [-0.25, -0.2) is 13.8 Å². The molecule has 2 aromatic rings. The van der Waals surface area contributed by atoms with Crippen molar-refractivity contribution in [2.24, 2.45) is 4.99 Å². The highest BCUT2D eigenvalue weighted by Gasteiger charge is 2.05. The maximum atomic E-state index is 13.5. The molecule has 0 amide bonds. The number of thiazole rings is 1. The molecule has 2 rings (SSSR count). The van der Waals surface area contributed by atoms with Gasteiger partial charge in [-0.15, -0.1) is 11.3 Å². The molecule has 0 aliphatic heterocycles. The zero-order valence-electron chi connectivity index (χ0n) is 15.2. The van der Waals surface area contributed by atoms with Crippen LogP contribution < -0.4 is 15.4 Å². The second-order valence-corrected chi connectivity index (χ2v) is 6.90. The summed E-state index contributed by atoms with van der Waals surface area (Å²) in [5.74, 6) is -0.634. The highest BCUT2D eigenvalue weighted by molar-refractivity contribution is 7.11. The molecule has 26 heavy (non-hydrogen) atoms. The predicted molar refractivity (Wildman–Crippen MR) is 101 cm³/mol. The van der Waals surface area contributed by atoms with Crippen LogP contribution in [0.4, 0.5) is 8.78 Å². The Morgan fingerprint density at radius 3 is 2.73 bits per heavy atom. The van der Waals surface area contributed by atoms with E-state index < -0.39 is 11.6 Å². The number of aliphatic imine (C=N–C) groups is 1. The normalized spacial score (nSPS) is 11.5. The predicted octanol–water partition coefficient (Wildman–Crippen LogP) is 3.21. The molecule has 1 heterocycles. The summed E-state index contributed by atoms with van der Waals surface area (Å²) >= 11 is 1.70. The van der Waals surface area contributed by atoms with E-state index in [9.17, 15) is 8.78 Å². The fourth-order valence-corrected chi connectivity index (χ4v) is 3.10. The van der Waals surface area contributed by atoms with Crippen LogP contribution in [0.5, 0.6) is 5.75 Å². The number of hydrogen-bond acceptors (Lipinski definition) is 4. The molecule has 5 nitrogen and oxygen atoms in total. The van der Waals surface area contributed by atoms with E-state index in [0.717, 1.165) is 29.7 Å². The average molecular weight is 382 g/mol. The van der Waals surface area contributed by atoms with Crippen LogP contribution in [0, 0.1) is 25.5 Å². The third kappa shape index (κ3) is 6.25. The van der Waals surface area contributed by atoms with Gasteiger partial charge in [-0.2, -0.15) is 0 Å². The first-order chi connectivity index (χ1) is 12.5. The van der Waals surface area contributed by atoms with Gasteiger partial charge in [0.2, 0.25) is 0 Å². The molecule has 142 valence electrons. The second kappa shape index (κ2) is 10.1. The summed E-state index contributed by atoms with van der Waals surface area (Å²) in [4.78, 5) is 10.2. The second-order valence-electron chi connectivity index (χ2n) is 5.61. The van der Waals surface area contributed by atoms with E-state index in [1.165, 1.54) is 17.0 Å². The Morgan fingerprint density at radius 1 is 1.27 bits per heavy atom. The Balaban J connectivity index is 1.77. The number of halogens is 2. The molecular weight excluding hydrogens is 358 g/mol. The molecule has 0 saturated carbocycles. The van der Waals surface area contributed by atoms with Gasteiger partial charge in [0.1, 0.15) is 12.4 Å². The molecule has 0 unspecified atom stereocenters. The van der Waals surface area contributed by atoms with Crippen molar-refractivity contribution in [3.8, 4) is 5.75 Å². The van der Waals surface area contributed by atoms with Crippen molar-refractivity contribution in [1.82, 2.24) is 15.6 Å². The van der Waals surface area contributed by atoms with E-state index in [0.29, 0.717) is 19.0 Å². The van der Waals surface area contributed by atoms with Crippen LogP contribution in [0.3, 0.4) is 0 Å². The lowest BCUT2D eigenvalue weighted by molar-refractivity contribution is 0.304. The first kappa shape index (κ1) is 20.1. The quantitative estimate of drug-likeness (QED) is 0.418. The minimum Gasteiger partial charge on any atom is -0.489 e. The van der Waals surface area contributed by atoms with E-state index in [1.54, 1.807) is 11.3 Å². The molecule has 8 heteroatoms. The number of guanidine groups is 1. The molecule has 1 aromatic heterocycles. The molecule has 2 N–H and O–H groups in total. The highest BCUT2D eigenvalue weighted by atomic mass is 32.1. The summed E-state index contributed by atoms with van der Waals surface area (Å²) in [7, 11) is 0. The number of rotatable bonds is 8. The minimum absolute atomic E-state index is 0.0321. The van der Waals surface area contributed by atoms with Crippen LogP contribution in [0.25, 0.3) is 0 Å². The van der Waals surface area contributed by atoms with Crippen molar-refractivity contribution in [3.05, 3.63) is 45.4 Å². The van der Waals surface area contributed by atoms with Crippen LogP contribution in [0.15, 0.2) is 23.2 Å². The molecule has 0 spiro atoms. The van der Waals surface area contributed by atoms with Gasteiger partial charge in [-0.3, -0.25) is 4.99 Å². The maximum Gasteiger partial charge on any atom is 0.191 e. The average Bonchev–Trinajstić information content (AvgIpc) is 2.91. The lowest BCUT2D eigenvalue weighted by Gasteiger charge is -2.12. The van der Waals surface area contributed by atoms with Crippen molar-refractivity contribution in [3.63, 3.8) is 0 Å². The zero-order chi connectivity index (χ0) is 18.9. The van der Waals surface area contributed by atoms with Gasteiger partial charge in [-0.1, -0.05) is 0 Å². The number of ether oxygens (including phenoxy) is 1. The molecule has 0 radical (unpaired) electrons. The molecule has 0 aliphatic carbocycles. The molecule has 0 aliphatic rings. The lowest BCUT2D eigenvalue weighted by atomic mass is 10.3. The maximum absolute atomic E-state index is 13.5. The van der Waals surface area contributed by atoms with E-state index >= 15 is 0 Å². The lowest BCUT2D eigenvalue weighted by Crippen LogP contribution is -2.39. The smallest absolute Gasteiger partial charge is 0.191 e. The third-order valence-electron chi connectivity index (χ3n) is 3.56. The topological polar surface area (TPSA) is 58.5 Å². The molecule has 0 atom stereocenters. The number of aryl methyl sites for hydroxylation is 2. The van der Waals surface area contributed by atoms with Gasteiger partial charge in [0.25, 0.3) is 0 Å². The Labute approximate surface area is 156 Å². The Bertz CT molecular complexity index is 729. The first-order valence-electron chi connectivity index (χ1n) is 8.52.